The van der Waals surface area contributed by atoms with E-state index in [2.05, 4.69) is 22.0 Å². The van der Waals surface area contributed by atoms with Gasteiger partial charge in [0.2, 0.25) is 0 Å². The monoisotopic (exact) mass is 419 g/mol. The molecular formula is C25H26FN3O2. The molecule has 0 aliphatic carbocycles. The molecular weight excluding hydrogens is 393 g/mol. The molecule has 0 aromatic heterocycles. The van der Waals surface area contributed by atoms with E-state index in [-0.39, 0.29) is 18.4 Å². The first-order valence-electron chi connectivity index (χ1n) is 10.5. The fourth-order valence-electron chi connectivity index (χ4n) is 3.92. The zero-order valence-electron chi connectivity index (χ0n) is 17.5. The molecule has 2 amide bonds. The van der Waals surface area contributed by atoms with Gasteiger partial charge in [-0.05, 0) is 78.2 Å². The summed E-state index contributed by atoms with van der Waals surface area (Å²) in [4.78, 5) is 24.3. The fourth-order valence-corrected chi connectivity index (χ4v) is 3.92. The molecule has 0 unspecified atom stereocenters. The van der Waals surface area contributed by atoms with Gasteiger partial charge in [0, 0.05) is 18.2 Å². The molecule has 3 aromatic carbocycles. The van der Waals surface area contributed by atoms with Crippen LogP contribution in [0, 0.1) is 0 Å². The minimum atomic E-state index is -1.33. The second kappa shape index (κ2) is 8.86. The van der Waals surface area contributed by atoms with E-state index in [9.17, 15) is 14.0 Å². The van der Waals surface area contributed by atoms with Crippen molar-refractivity contribution in [3.63, 3.8) is 0 Å². The third-order valence-corrected chi connectivity index (χ3v) is 5.88. The zero-order chi connectivity index (χ0) is 21.8. The van der Waals surface area contributed by atoms with E-state index >= 15 is 0 Å². The van der Waals surface area contributed by atoms with Crippen molar-refractivity contribution >= 4 is 22.6 Å². The van der Waals surface area contributed by atoms with Crippen LogP contribution in [0.3, 0.4) is 0 Å². The second-order valence-corrected chi connectivity index (χ2v) is 8.02. The van der Waals surface area contributed by atoms with Crippen molar-refractivity contribution in [3.05, 3.63) is 71.8 Å². The molecule has 1 fully saturated rings. The summed E-state index contributed by atoms with van der Waals surface area (Å²) in [5.41, 5.74) is 1.83. The van der Waals surface area contributed by atoms with E-state index < -0.39 is 5.67 Å². The lowest BCUT2D eigenvalue weighted by Gasteiger charge is -2.30. The van der Waals surface area contributed by atoms with Gasteiger partial charge >= 0.3 is 0 Å². The number of amides is 2. The van der Waals surface area contributed by atoms with Gasteiger partial charge in [0.15, 0.2) is 0 Å². The van der Waals surface area contributed by atoms with E-state index in [0.717, 1.165) is 21.9 Å². The number of benzene rings is 3. The molecule has 0 spiro atoms. The van der Waals surface area contributed by atoms with Crippen LogP contribution >= 0.6 is 0 Å². The Kier molecular flexibility index (Phi) is 6.00. The maximum absolute atomic E-state index is 14.7. The van der Waals surface area contributed by atoms with Crippen molar-refractivity contribution in [3.8, 4) is 11.1 Å². The summed E-state index contributed by atoms with van der Waals surface area (Å²) in [6.07, 6.45) is 0.829. The molecule has 1 saturated heterocycles. The van der Waals surface area contributed by atoms with Gasteiger partial charge in [-0.2, -0.15) is 0 Å². The number of carbonyl (C=O) groups is 2. The molecule has 1 heterocycles. The minimum absolute atomic E-state index is 0.0382. The van der Waals surface area contributed by atoms with Crippen molar-refractivity contribution in [2.24, 2.45) is 0 Å². The first-order chi connectivity index (χ1) is 15.0. The Morgan fingerprint density at radius 2 is 1.48 bits per heavy atom. The van der Waals surface area contributed by atoms with Crippen molar-refractivity contribution in [2.45, 2.75) is 18.5 Å². The molecule has 0 saturated carbocycles. The molecule has 0 bridgehead atoms. The van der Waals surface area contributed by atoms with Crippen LogP contribution in [0.25, 0.3) is 21.9 Å². The molecule has 6 heteroatoms. The van der Waals surface area contributed by atoms with Crippen LogP contribution < -0.4 is 16.0 Å². The SMILES string of the molecule is CNC(=O)c1ccc(-c2ccc3cc(C(=O)NCC4(F)CCNCC4)ccc3c2)cc1. The third-order valence-electron chi connectivity index (χ3n) is 5.88. The van der Waals surface area contributed by atoms with E-state index in [1.54, 1.807) is 25.2 Å². The minimum Gasteiger partial charge on any atom is -0.355 e. The zero-order valence-corrected chi connectivity index (χ0v) is 17.5. The van der Waals surface area contributed by atoms with Crippen molar-refractivity contribution in [1.29, 1.82) is 0 Å². The number of hydrogen-bond donors (Lipinski definition) is 3. The highest BCUT2D eigenvalue weighted by Crippen LogP contribution is 2.26. The fraction of sp³-hybridized carbons (Fsp3) is 0.280. The van der Waals surface area contributed by atoms with E-state index in [1.807, 2.05) is 36.4 Å². The van der Waals surface area contributed by atoms with Crippen LogP contribution in [0.4, 0.5) is 4.39 Å². The van der Waals surface area contributed by atoms with Gasteiger partial charge in [0.05, 0.1) is 6.54 Å². The molecule has 3 aromatic rings. The maximum atomic E-state index is 14.7. The lowest BCUT2D eigenvalue weighted by Crippen LogP contribution is -2.46. The lowest BCUT2D eigenvalue weighted by molar-refractivity contribution is 0.0837. The smallest absolute Gasteiger partial charge is 0.251 e. The summed E-state index contributed by atoms with van der Waals surface area (Å²) in [6.45, 7) is 1.31. The van der Waals surface area contributed by atoms with Gasteiger partial charge < -0.3 is 16.0 Å². The summed E-state index contributed by atoms with van der Waals surface area (Å²) in [6, 6.07) is 18.9. The van der Waals surface area contributed by atoms with Crippen LogP contribution in [0.15, 0.2) is 60.7 Å². The van der Waals surface area contributed by atoms with Crippen molar-refractivity contribution < 1.29 is 14.0 Å². The molecule has 160 valence electrons. The largest absolute Gasteiger partial charge is 0.355 e. The number of piperidine rings is 1. The number of rotatable bonds is 5. The summed E-state index contributed by atoms with van der Waals surface area (Å²) in [5.74, 6) is -0.374. The van der Waals surface area contributed by atoms with Gasteiger partial charge in [-0.15, -0.1) is 0 Å². The first kappa shape index (κ1) is 21.0. The lowest BCUT2D eigenvalue weighted by atomic mass is 9.94. The molecule has 4 rings (SSSR count). The third kappa shape index (κ3) is 4.75. The van der Waals surface area contributed by atoms with E-state index in [1.165, 1.54) is 0 Å². The average Bonchev–Trinajstić information content (AvgIpc) is 2.82. The summed E-state index contributed by atoms with van der Waals surface area (Å²) in [5, 5.41) is 10.4. The number of nitrogens with one attached hydrogen (secondary N) is 3. The van der Waals surface area contributed by atoms with Gasteiger partial charge in [-0.25, -0.2) is 4.39 Å². The summed E-state index contributed by atoms with van der Waals surface area (Å²) < 4.78 is 14.7. The van der Waals surface area contributed by atoms with Gasteiger partial charge in [0.1, 0.15) is 5.67 Å². The average molecular weight is 420 g/mol. The predicted octanol–water partition coefficient (Wildman–Crippen LogP) is 3.69. The molecule has 0 atom stereocenters. The predicted molar refractivity (Wildman–Crippen MR) is 121 cm³/mol. The molecule has 1 aliphatic rings. The van der Waals surface area contributed by atoms with Crippen LogP contribution in [0.5, 0.6) is 0 Å². The molecule has 1 aliphatic heterocycles. The molecule has 31 heavy (non-hydrogen) atoms. The Bertz CT molecular complexity index is 1110. The van der Waals surface area contributed by atoms with Crippen LogP contribution in [0.2, 0.25) is 0 Å². The van der Waals surface area contributed by atoms with Crippen molar-refractivity contribution in [2.75, 3.05) is 26.7 Å². The van der Waals surface area contributed by atoms with E-state index in [4.69, 9.17) is 0 Å². The topological polar surface area (TPSA) is 70.2 Å². The van der Waals surface area contributed by atoms with E-state index in [0.29, 0.717) is 37.1 Å². The summed E-state index contributed by atoms with van der Waals surface area (Å²) in [7, 11) is 1.61. The van der Waals surface area contributed by atoms with Gasteiger partial charge in [0.25, 0.3) is 11.8 Å². The number of hydrogen-bond acceptors (Lipinski definition) is 3. The first-order valence-corrected chi connectivity index (χ1v) is 10.5. The Morgan fingerprint density at radius 3 is 2.19 bits per heavy atom. The number of alkyl halides is 1. The second-order valence-electron chi connectivity index (χ2n) is 8.02. The highest BCUT2D eigenvalue weighted by atomic mass is 19.1. The van der Waals surface area contributed by atoms with Crippen LogP contribution in [-0.4, -0.2) is 44.2 Å². The Morgan fingerprint density at radius 1 is 0.871 bits per heavy atom. The Labute approximate surface area is 181 Å². The van der Waals surface area contributed by atoms with Gasteiger partial charge in [-0.1, -0.05) is 30.3 Å². The molecule has 3 N–H and O–H groups in total. The maximum Gasteiger partial charge on any atom is 0.251 e. The van der Waals surface area contributed by atoms with Crippen LogP contribution in [-0.2, 0) is 0 Å². The quantitative estimate of drug-likeness (QED) is 0.591. The Balaban J connectivity index is 1.49. The summed E-state index contributed by atoms with van der Waals surface area (Å²) >= 11 is 0. The van der Waals surface area contributed by atoms with Crippen LogP contribution in [0.1, 0.15) is 33.6 Å². The standard InChI is InChI=1S/C25H26FN3O2/c1-27-23(30)18-4-2-17(3-5-18)19-6-7-21-15-22(9-8-20(21)14-19)24(31)29-16-25(26)10-12-28-13-11-25/h2-9,14-15,28H,10-13,16H2,1H3,(H,27,30)(H,29,31). The number of fused-ring (bicyclic) bond motifs is 1. The number of carbonyl (C=O) groups excluding carboxylic acids is 2. The normalized spacial score (nSPS) is 15.4. The molecule has 5 nitrogen and oxygen atoms in total. The molecule has 0 radical (unpaired) electrons. The highest BCUT2D eigenvalue weighted by Gasteiger charge is 2.32. The van der Waals surface area contributed by atoms with Gasteiger partial charge in [-0.3, -0.25) is 9.59 Å². The Hall–Kier alpha value is -3.25. The van der Waals surface area contributed by atoms with Crippen molar-refractivity contribution in [1.82, 2.24) is 16.0 Å². The highest BCUT2D eigenvalue weighted by molar-refractivity contribution is 5.99. The number of halogens is 1.